The standard InChI is InChI=1S/C18H25F2NO4S/c1-18(2,3)17(22)25-21-10-8-13(9-11-21)12-26(23,24)15-7-5-4-6-14(15)16(19)20/h4-7,13,16H,8-12H2,1-3H3. The minimum absolute atomic E-state index is 0.157. The van der Waals surface area contributed by atoms with Crippen LogP contribution in [0, 0.1) is 11.3 Å². The van der Waals surface area contributed by atoms with E-state index in [1.54, 1.807) is 25.8 Å². The van der Waals surface area contributed by atoms with Crippen LogP contribution in [0.15, 0.2) is 29.2 Å². The van der Waals surface area contributed by atoms with E-state index >= 15 is 0 Å². The van der Waals surface area contributed by atoms with Gasteiger partial charge >= 0.3 is 5.97 Å². The Hall–Kier alpha value is -1.54. The minimum atomic E-state index is -3.81. The first-order valence-electron chi connectivity index (χ1n) is 8.58. The van der Waals surface area contributed by atoms with Crippen molar-refractivity contribution in [2.24, 2.45) is 11.3 Å². The molecule has 0 spiro atoms. The molecule has 1 aliphatic heterocycles. The van der Waals surface area contributed by atoms with Gasteiger partial charge in [0.2, 0.25) is 0 Å². The van der Waals surface area contributed by atoms with Crippen molar-refractivity contribution in [2.45, 2.75) is 44.9 Å². The van der Waals surface area contributed by atoms with Gasteiger partial charge in [-0.1, -0.05) is 18.2 Å². The fourth-order valence-corrected chi connectivity index (χ4v) is 4.70. The molecule has 2 rings (SSSR count). The van der Waals surface area contributed by atoms with Crippen LogP contribution in [0.5, 0.6) is 0 Å². The molecule has 1 aliphatic rings. The lowest BCUT2D eigenvalue weighted by atomic mass is 9.97. The molecule has 0 bridgehead atoms. The Morgan fingerprint density at radius 3 is 2.35 bits per heavy atom. The van der Waals surface area contributed by atoms with Gasteiger partial charge in [-0.3, -0.25) is 0 Å². The maximum absolute atomic E-state index is 13.1. The predicted molar refractivity (Wildman–Crippen MR) is 93.3 cm³/mol. The van der Waals surface area contributed by atoms with Crippen molar-refractivity contribution in [3.05, 3.63) is 29.8 Å². The Morgan fingerprint density at radius 2 is 1.81 bits per heavy atom. The molecular weight excluding hydrogens is 364 g/mol. The van der Waals surface area contributed by atoms with Gasteiger partial charge < -0.3 is 4.84 Å². The van der Waals surface area contributed by atoms with Crippen molar-refractivity contribution in [1.82, 2.24) is 5.06 Å². The van der Waals surface area contributed by atoms with E-state index in [0.29, 0.717) is 25.9 Å². The van der Waals surface area contributed by atoms with Crippen molar-refractivity contribution in [3.63, 3.8) is 0 Å². The van der Waals surface area contributed by atoms with Crippen LogP contribution in [0.25, 0.3) is 0 Å². The zero-order valence-electron chi connectivity index (χ0n) is 15.2. The number of benzene rings is 1. The van der Waals surface area contributed by atoms with Gasteiger partial charge in [-0.25, -0.2) is 22.0 Å². The van der Waals surface area contributed by atoms with Crippen LogP contribution < -0.4 is 0 Å². The second kappa shape index (κ2) is 8.00. The molecule has 0 N–H and O–H groups in total. The van der Waals surface area contributed by atoms with Gasteiger partial charge in [0.05, 0.1) is 16.1 Å². The van der Waals surface area contributed by atoms with Crippen molar-refractivity contribution < 1.29 is 26.8 Å². The number of carbonyl (C=O) groups is 1. The summed E-state index contributed by atoms with van der Waals surface area (Å²) in [4.78, 5) is 16.9. The van der Waals surface area contributed by atoms with E-state index in [1.807, 2.05) is 0 Å². The number of hydroxylamine groups is 2. The molecule has 5 nitrogen and oxygen atoms in total. The van der Waals surface area contributed by atoms with Crippen molar-refractivity contribution >= 4 is 15.8 Å². The highest BCUT2D eigenvalue weighted by atomic mass is 32.2. The number of nitrogens with zero attached hydrogens (tertiary/aromatic N) is 1. The smallest absolute Gasteiger partial charge is 0.330 e. The van der Waals surface area contributed by atoms with Crippen molar-refractivity contribution in [2.75, 3.05) is 18.8 Å². The molecule has 26 heavy (non-hydrogen) atoms. The van der Waals surface area contributed by atoms with E-state index in [1.165, 1.54) is 18.2 Å². The second-order valence-electron chi connectivity index (χ2n) is 7.62. The third-order valence-corrected chi connectivity index (χ3v) is 6.29. The van der Waals surface area contributed by atoms with E-state index in [-0.39, 0.29) is 22.5 Å². The van der Waals surface area contributed by atoms with E-state index in [9.17, 15) is 22.0 Å². The summed E-state index contributed by atoms with van der Waals surface area (Å²) in [6.45, 7) is 6.14. The number of sulfone groups is 1. The Balaban J connectivity index is 1.98. The quantitative estimate of drug-likeness (QED) is 0.770. The van der Waals surface area contributed by atoms with Crippen LogP contribution in [0.3, 0.4) is 0 Å². The van der Waals surface area contributed by atoms with Gasteiger partial charge in [-0.2, -0.15) is 0 Å². The first-order chi connectivity index (χ1) is 12.0. The first-order valence-corrected chi connectivity index (χ1v) is 10.2. The van der Waals surface area contributed by atoms with Crippen LogP contribution in [0.2, 0.25) is 0 Å². The van der Waals surface area contributed by atoms with E-state index in [2.05, 4.69) is 0 Å². The van der Waals surface area contributed by atoms with Gasteiger partial charge in [0.15, 0.2) is 9.84 Å². The van der Waals surface area contributed by atoms with Gasteiger partial charge in [0, 0.05) is 18.7 Å². The largest absolute Gasteiger partial charge is 0.367 e. The lowest BCUT2D eigenvalue weighted by Gasteiger charge is -2.32. The SMILES string of the molecule is CC(C)(C)C(=O)ON1CCC(CS(=O)(=O)c2ccccc2C(F)F)CC1. The van der Waals surface area contributed by atoms with Crippen LogP contribution in [0.1, 0.15) is 45.6 Å². The molecule has 0 radical (unpaired) electrons. The predicted octanol–water partition coefficient (Wildman–Crippen LogP) is 3.61. The first kappa shape index (κ1) is 20.8. The van der Waals surface area contributed by atoms with Crippen LogP contribution >= 0.6 is 0 Å². The van der Waals surface area contributed by atoms with Crippen LogP contribution in [-0.4, -0.2) is 38.3 Å². The molecule has 1 saturated heterocycles. The van der Waals surface area contributed by atoms with E-state index < -0.39 is 27.2 Å². The molecule has 1 aromatic rings. The Bertz CT molecular complexity index is 736. The fraction of sp³-hybridized carbons (Fsp3) is 0.611. The highest BCUT2D eigenvalue weighted by Gasteiger charge is 2.31. The Labute approximate surface area is 153 Å². The third kappa shape index (κ3) is 5.23. The van der Waals surface area contributed by atoms with Gasteiger partial charge in [0.25, 0.3) is 6.43 Å². The van der Waals surface area contributed by atoms with Crippen LogP contribution in [-0.2, 0) is 19.5 Å². The zero-order chi connectivity index (χ0) is 19.5. The molecule has 1 fully saturated rings. The average Bonchev–Trinajstić information content (AvgIpc) is 2.55. The summed E-state index contributed by atoms with van der Waals surface area (Å²) in [5.74, 6) is -0.678. The summed E-state index contributed by atoms with van der Waals surface area (Å²) in [6, 6.07) is 5.24. The molecule has 0 aromatic heterocycles. The van der Waals surface area contributed by atoms with Gasteiger partial charge in [-0.15, -0.1) is 5.06 Å². The topological polar surface area (TPSA) is 63.7 Å². The molecule has 146 valence electrons. The lowest BCUT2D eigenvalue weighted by Crippen LogP contribution is -2.40. The maximum atomic E-state index is 13.1. The molecule has 0 atom stereocenters. The summed E-state index contributed by atoms with van der Waals surface area (Å²) in [6.07, 6.45) is -1.79. The molecular formula is C18H25F2NO4S. The number of alkyl halides is 2. The summed E-state index contributed by atoms with van der Waals surface area (Å²) < 4.78 is 51.3. The average molecular weight is 389 g/mol. The van der Waals surface area contributed by atoms with Crippen molar-refractivity contribution in [1.29, 1.82) is 0 Å². The molecule has 0 unspecified atom stereocenters. The summed E-state index contributed by atoms with van der Waals surface area (Å²) in [5.41, 5.74) is -1.07. The molecule has 8 heteroatoms. The minimum Gasteiger partial charge on any atom is -0.367 e. The molecule has 1 aromatic carbocycles. The number of piperidine rings is 1. The zero-order valence-corrected chi connectivity index (χ0v) is 16.1. The normalized spacial score (nSPS) is 17.5. The van der Waals surface area contributed by atoms with Gasteiger partial charge in [-0.05, 0) is 45.6 Å². The number of carbonyl (C=O) groups excluding carboxylic acids is 1. The van der Waals surface area contributed by atoms with E-state index in [4.69, 9.17) is 4.84 Å². The Kier molecular flexibility index (Phi) is 6.39. The second-order valence-corrected chi connectivity index (χ2v) is 9.62. The maximum Gasteiger partial charge on any atom is 0.330 e. The molecule has 0 amide bonds. The highest BCUT2D eigenvalue weighted by Crippen LogP contribution is 2.30. The fourth-order valence-electron chi connectivity index (χ4n) is 2.77. The number of halogens is 2. The van der Waals surface area contributed by atoms with Crippen LogP contribution in [0.4, 0.5) is 8.78 Å². The lowest BCUT2D eigenvalue weighted by molar-refractivity contribution is -0.205. The molecule has 0 saturated carbocycles. The number of hydrogen-bond acceptors (Lipinski definition) is 5. The highest BCUT2D eigenvalue weighted by molar-refractivity contribution is 7.91. The Morgan fingerprint density at radius 1 is 1.23 bits per heavy atom. The third-order valence-electron chi connectivity index (χ3n) is 4.34. The summed E-state index contributed by atoms with van der Waals surface area (Å²) in [5, 5.41) is 1.55. The van der Waals surface area contributed by atoms with E-state index in [0.717, 1.165) is 6.07 Å². The number of hydrogen-bond donors (Lipinski definition) is 0. The monoisotopic (exact) mass is 389 g/mol. The summed E-state index contributed by atoms with van der Waals surface area (Å²) in [7, 11) is -3.81. The van der Waals surface area contributed by atoms with Crippen molar-refractivity contribution in [3.8, 4) is 0 Å². The molecule has 1 heterocycles. The number of rotatable bonds is 5. The summed E-state index contributed by atoms with van der Waals surface area (Å²) >= 11 is 0. The van der Waals surface area contributed by atoms with Gasteiger partial charge in [0.1, 0.15) is 0 Å². The molecule has 0 aliphatic carbocycles.